The predicted molar refractivity (Wildman–Crippen MR) is 115 cm³/mol. The summed E-state index contributed by atoms with van der Waals surface area (Å²) in [6, 6.07) is 17.1. The smallest absolute Gasteiger partial charge is 0.342 e. The minimum absolute atomic E-state index is 0.255. The normalized spacial score (nSPS) is 10.5. The van der Waals surface area contributed by atoms with Gasteiger partial charge in [0.15, 0.2) is 6.61 Å². The Labute approximate surface area is 180 Å². The van der Waals surface area contributed by atoms with E-state index in [4.69, 9.17) is 14.2 Å². The summed E-state index contributed by atoms with van der Waals surface area (Å²) in [5, 5.41) is 7.22. The van der Waals surface area contributed by atoms with Crippen molar-refractivity contribution in [3.63, 3.8) is 0 Å². The van der Waals surface area contributed by atoms with Gasteiger partial charge >= 0.3 is 5.97 Å². The van der Waals surface area contributed by atoms with Gasteiger partial charge in [0.1, 0.15) is 17.0 Å². The van der Waals surface area contributed by atoms with Crippen LogP contribution in [0.2, 0.25) is 0 Å². The van der Waals surface area contributed by atoms with Gasteiger partial charge in [-0.3, -0.25) is 9.48 Å². The fraction of sp³-hybridized carbons (Fsp3) is 0.261. The van der Waals surface area contributed by atoms with Gasteiger partial charge in [-0.05, 0) is 17.7 Å². The van der Waals surface area contributed by atoms with Crippen molar-refractivity contribution in [2.24, 2.45) is 0 Å². The number of amides is 1. The molecule has 31 heavy (non-hydrogen) atoms. The van der Waals surface area contributed by atoms with E-state index < -0.39 is 18.5 Å². The van der Waals surface area contributed by atoms with Gasteiger partial charge in [0, 0.05) is 25.4 Å². The molecule has 0 fully saturated rings. The Morgan fingerprint density at radius 3 is 2.52 bits per heavy atom. The highest BCUT2D eigenvalue weighted by molar-refractivity contribution is 5.97. The van der Waals surface area contributed by atoms with Crippen molar-refractivity contribution in [3.8, 4) is 17.0 Å². The standard InChI is InChI=1S/C23H25N3O5/c1-29-13-12-24-21(27)16-31-23(28)19-15-26(14-17-8-4-3-5-9-17)25-22(19)18-10-6-7-11-20(18)30-2/h3-11,15H,12-14,16H2,1-2H3,(H,24,27). The lowest BCUT2D eigenvalue weighted by molar-refractivity contribution is -0.124. The first-order valence-electron chi connectivity index (χ1n) is 9.80. The molecule has 3 aromatic rings. The summed E-state index contributed by atoms with van der Waals surface area (Å²) in [7, 11) is 3.10. The fourth-order valence-electron chi connectivity index (χ4n) is 3.01. The van der Waals surface area contributed by atoms with Crippen LogP contribution in [-0.2, 0) is 20.8 Å². The molecule has 0 bridgehead atoms. The van der Waals surface area contributed by atoms with Gasteiger partial charge in [-0.1, -0.05) is 42.5 Å². The summed E-state index contributed by atoms with van der Waals surface area (Å²) >= 11 is 0. The Hall–Kier alpha value is -3.65. The molecule has 8 heteroatoms. The number of esters is 1. The van der Waals surface area contributed by atoms with E-state index in [1.165, 1.54) is 0 Å². The monoisotopic (exact) mass is 423 g/mol. The third-order valence-electron chi connectivity index (χ3n) is 4.49. The van der Waals surface area contributed by atoms with Gasteiger partial charge in [-0.15, -0.1) is 0 Å². The van der Waals surface area contributed by atoms with Crippen LogP contribution < -0.4 is 10.1 Å². The molecule has 2 aromatic carbocycles. The lowest BCUT2D eigenvalue weighted by Gasteiger charge is -2.08. The van der Waals surface area contributed by atoms with E-state index in [-0.39, 0.29) is 5.56 Å². The number of para-hydroxylation sites is 1. The van der Waals surface area contributed by atoms with Crippen molar-refractivity contribution in [2.75, 3.05) is 34.0 Å². The van der Waals surface area contributed by atoms with Gasteiger partial charge in [0.25, 0.3) is 5.91 Å². The number of methoxy groups -OCH3 is 2. The lowest BCUT2D eigenvalue weighted by Crippen LogP contribution is -2.31. The van der Waals surface area contributed by atoms with Gasteiger partial charge in [0.05, 0.1) is 20.3 Å². The quantitative estimate of drug-likeness (QED) is 0.398. The lowest BCUT2D eigenvalue weighted by atomic mass is 10.1. The maximum absolute atomic E-state index is 12.8. The third kappa shape index (κ3) is 5.93. The summed E-state index contributed by atoms with van der Waals surface area (Å²) in [6.45, 7) is 0.809. The molecule has 0 aliphatic carbocycles. The molecule has 0 radical (unpaired) electrons. The zero-order valence-corrected chi connectivity index (χ0v) is 17.5. The van der Waals surface area contributed by atoms with E-state index in [1.54, 1.807) is 31.2 Å². The van der Waals surface area contributed by atoms with Crippen LogP contribution in [0.5, 0.6) is 5.75 Å². The third-order valence-corrected chi connectivity index (χ3v) is 4.49. The summed E-state index contributed by atoms with van der Waals surface area (Å²) in [6.07, 6.45) is 1.62. The molecule has 0 aliphatic heterocycles. The number of benzene rings is 2. The molecule has 162 valence electrons. The Morgan fingerprint density at radius 2 is 1.77 bits per heavy atom. The first-order chi connectivity index (χ1) is 15.1. The molecular formula is C23H25N3O5. The second-order valence-corrected chi connectivity index (χ2v) is 6.69. The van der Waals surface area contributed by atoms with Gasteiger partial charge in [-0.2, -0.15) is 5.10 Å². The molecule has 0 aliphatic rings. The summed E-state index contributed by atoms with van der Waals surface area (Å²) in [5.74, 6) is -0.457. The van der Waals surface area contributed by atoms with Crippen LogP contribution in [0.15, 0.2) is 60.8 Å². The minimum Gasteiger partial charge on any atom is -0.496 e. The van der Waals surface area contributed by atoms with E-state index in [9.17, 15) is 9.59 Å². The van der Waals surface area contributed by atoms with E-state index in [1.807, 2.05) is 48.5 Å². The van der Waals surface area contributed by atoms with Crippen LogP contribution in [-0.4, -0.2) is 55.6 Å². The van der Waals surface area contributed by atoms with Gasteiger partial charge < -0.3 is 19.5 Å². The second-order valence-electron chi connectivity index (χ2n) is 6.69. The van der Waals surface area contributed by atoms with Crippen LogP contribution in [0.3, 0.4) is 0 Å². The first-order valence-corrected chi connectivity index (χ1v) is 9.80. The molecule has 0 spiro atoms. The fourth-order valence-corrected chi connectivity index (χ4v) is 3.01. The average Bonchev–Trinajstić information content (AvgIpc) is 3.22. The molecule has 1 aromatic heterocycles. The number of carbonyl (C=O) groups excluding carboxylic acids is 2. The Balaban J connectivity index is 1.84. The SMILES string of the molecule is COCCNC(=O)COC(=O)c1cn(Cc2ccccc2)nc1-c1ccccc1OC. The molecular weight excluding hydrogens is 398 g/mol. The van der Waals surface area contributed by atoms with Crippen LogP contribution in [0.4, 0.5) is 0 Å². The predicted octanol–water partition coefficient (Wildman–Crippen LogP) is 2.53. The maximum Gasteiger partial charge on any atom is 0.342 e. The van der Waals surface area contributed by atoms with Crippen LogP contribution >= 0.6 is 0 Å². The van der Waals surface area contributed by atoms with Crippen molar-refractivity contribution < 1.29 is 23.8 Å². The Bertz CT molecular complexity index is 1020. The van der Waals surface area contributed by atoms with Gasteiger partial charge in [-0.25, -0.2) is 4.79 Å². The number of nitrogens with zero attached hydrogens (tertiary/aromatic N) is 2. The maximum atomic E-state index is 12.8. The molecule has 0 atom stereocenters. The highest BCUT2D eigenvalue weighted by atomic mass is 16.5. The van der Waals surface area contributed by atoms with E-state index >= 15 is 0 Å². The molecule has 3 rings (SSSR count). The molecule has 0 saturated carbocycles. The zero-order chi connectivity index (χ0) is 22.1. The molecule has 0 unspecified atom stereocenters. The number of nitrogens with one attached hydrogen (secondary N) is 1. The largest absolute Gasteiger partial charge is 0.496 e. The highest BCUT2D eigenvalue weighted by Gasteiger charge is 2.22. The molecule has 0 saturated heterocycles. The topological polar surface area (TPSA) is 91.7 Å². The average molecular weight is 423 g/mol. The molecule has 1 amide bonds. The highest BCUT2D eigenvalue weighted by Crippen LogP contribution is 2.31. The van der Waals surface area contributed by atoms with Crippen LogP contribution in [0, 0.1) is 0 Å². The van der Waals surface area contributed by atoms with Crippen LogP contribution in [0.1, 0.15) is 15.9 Å². The second kappa shape index (κ2) is 10.9. The number of hydrogen-bond acceptors (Lipinski definition) is 6. The number of rotatable bonds is 10. The Kier molecular flexibility index (Phi) is 7.78. The van der Waals surface area contributed by atoms with Crippen molar-refractivity contribution in [3.05, 3.63) is 71.9 Å². The molecule has 1 heterocycles. The molecule has 1 N–H and O–H groups in total. The van der Waals surface area contributed by atoms with Crippen molar-refractivity contribution in [1.82, 2.24) is 15.1 Å². The van der Waals surface area contributed by atoms with Crippen molar-refractivity contribution >= 4 is 11.9 Å². The summed E-state index contributed by atoms with van der Waals surface area (Å²) < 4.78 is 17.2. The van der Waals surface area contributed by atoms with E-state index in [2.05, 4.69) is 10.4 Å². The number of carbonyl (C=O) groups is 2. The number of ether oxygens (including phenoxy) is 3. The van der Waals surface area contributed by atoms with E-state index in [0.717, 1.165) is 5.56 Å². The summed E-state index contributed by atoms with van der Waals surface area (Å²) in [4.78, 5) is 24.7. The molecule has 8 nitrogen and oxygen atoms in total. The number of hydrogen-bond donors (Lipinski definition) is 1. The van der Waals surface area contributed by atoms with Crippen LogP contribution in [0.25, 0.3) is 11.3 Å². The zero-order valence-electron chi connectivity index (χ0n) is 17.5. The Morgan fingerprint density at radius 1 is 1.03 bits per heavy atom. The van der Waals surface area contributed by atoms with Gasteiger partial charge in [0.2, 0.25) is 0 Å². The number of aromatic nitrogens is 2. The van der Waals surface area contributed by atoms with Crippen molar-refractivity contribution in [2.45, 2.75) is 6.54 Å². The minimum atomic E-state index is -0.637. The first kappa shape index (κ1) is 22.0. The van der Waals surface area contributed by atoms with Crippen molar-refractivity contribution in [1.29, 1.82) is 0 Å². The summed E-state index contributed by atoms with van der Waals surface area (Å²) in [5.41, 5.74) is 2.38. The van der Waals surface area contributed by atoms with E-state index in [0.29, 0.717) is 36.7 Å².